The van der Waals surface area contributed by atoms with Crippen LogP contribution in [0, 0.1) is 12.3 Å². The summed E-state index contributed by atoms with van der Waals surface area (Å²) in [6, 6.07) is -0.708. The lowest BCUT2D eigenvalue weighted by atomic mass is 10.3. The molecule has 0 bridgehead atoms. The fourth-order valence-electron chi connectivity index (χ4n) is 0.825. The summed E-state index contributed by atoms with van der Waals surface area (Å²) in [5.41, 5.74) is 0. The summed E-state index contributed by atoms with van der Waals surface area (Å²) >= 11 is 0. The Labute approximate surface area is 87.1 Å². The van der Waals surface area contributed by atoms with Crippen LogP contribution in [0.2, 0.25) is 0 Å². The summed E-state index contributed by atoms with van der Waals surface area (Å²) < 4.78 is 59.4. The van der Waals surface area contributed by atoms with E-state index in [1.54, 1.807) is 0 Å². The summed E-state index contributed by atoms with van der Waals surface area (Å²) in [7, 11) is -3.71. The van der Waals surface area contributed by atoms with E-state index in [1.807, 2.05) is 0 Å². The Kier molecular flexibility index (Phi) is 5.11. The van der Waals surface area contributed by atoms with Crippen LogP contribution in [0.5, 0.6) is 0 Å². The van der Waals surface area contributed by atoms with Crippen molar-refractivity contribution >= 4 is 10.0 Å². The second kappa shape index (κ2) is 5.37. The molecule has 15 heavy (non-hydrogen) atoms. The third kappa shape index (κ3) is 8.27. The third-order valence-electron chi connectivity index (χ3n) is 1.48. The van der Waals surface area contributed by atoms with Crippen LogP contribution in [0.4, 0.5) is 13.2 Å². The number of hydrogen-bond donors (Lipinski definition) is 1. The average molecular weight is 243 g/mol. The largest absolute Gasteiger partial charge is 0.389 e. The number of alkyl halides is 3. The molecule has 0 aliphatic rings. The Morgan fingerprint density at radius 3 is 2.40 bits per heavy atom. The third-order valence-corrected chi connectivity index (χ3v) is 3.02. The molecule has 0 aromatic heterocycles. The van der Waals surface area contributed by atoms with Crippen molar-refractivity contribution in [1.82, 2.24) is 4.72 Å². The van der Waals surface area contributed by atoms with Gasteiger partial charge in [-0.2, -0.15) is 13.2 Å². The Morgan fingerprint density at radius 2 is 2.00 bits per heavy atom. The number of hydrogen-bond acceptors (Lipinski definition) is 2. The zero-order chi connectivity index (χ0) is 12.1. The first-order valence-electron chi connectivity index (χ1n) is 4.19. The van der Waals surface area contributed by atoms with Crippen molar-refractivity contribution in [2.24, 2.45) is 0 Å². The molecule has 0 aliphatic carbocycles. The van der Waals surface area contributed by atoms with Crippen LogP contribution in [-0.4, -0.2) is 26.4 Å². The molecule has 0 saturated carbocycles. The molecule has 1 unspecified atom stereocenters. The molecular formula is C8H12F3NO2S. The highest BCUT2D eigenvalue weighted by Crippen LogP contribution is 2.21. The van der Waals surface area contributed by atoms with Gasteiger partial charge in [0.15, 0.2) is 0 Å². The minimum Gasteiger partial charge on any atom is -0.212 e. The number of terminal acetylenes is 1. The maximum Gasteiger partial charge on any atom is 0.389 e. The first-order valence-corrected chi connectivity index (χ1v) is 5.84. The fraction of sp³-hybridized carbons (Fsp3) is 0.750. The highest BCUT2D eigenvalue weighted by atomic mass is 32.2. The van der Waals surface area contributed by atoms with Crippen LogP contribution in [0.25, 0.3) is 0 Å². The SMILES string of the molecule is C#CC(C)NS(=O)(=O)CCCC(F)(F)F. The van der Waals surface area contributed by atoms with E-state index in [2.05, 4.69) is 10.6 Å². The molecule has 0 rings (SSSR count). The Morgan fingerprint density at radius 1 is 1.47 bits per heavy atom. The number of halogens is 3. The maximum absolute atomic E-state index is 11.7. The molecule has 0 aromatic carbocycles. The molecule has 1 N–H and O–H groups in total. The standard InChI is InChI=1S/C8H12F3NO2S/c1-3-7(2)12-15(13,14)6-4-5-8(9,10)11/h1,7,12H,4-6H2,2H3. The van der Waals surface area contributed by atoms with E-state index in [9.17, 15) is 21.6 Å². The molecule has 0 fully saturated rings. The van der Waals surface area contributed by atoms with Crippen molar-refractivity contribution in [1.29, 1.82) is 0 Å². The van der Waals surface area contributed by atoms with E-state index >= 15 is 0 Å². The highest BCUT2D eigenvalue weighted by Gasteiger charge is 2.27. The van der Waals surface area contributed by atoms with E-state index < -0.39 is 40.8 Å². The van der Waals surface area contributed by atoms with Crippen LogP contribution in [0.15, 0.2) is 0 Å². The smallest absolute Gasteiger partial charge is 0.212 e. The lowest BCUT2D eigenvalue weighted by Gasteiger charge is -2.09. The lowest BCUT2D eigenvalue weighted by Crippen LogP contribution is -2.33. The van der Waals surface area contributed by atoms with Gasteiger partial charge < -0.3 is 0 Å². The lowest BCUT2D eigenvalue weighted by molar-refractivity contribution is -0.134. The Hall–Kier alpha value is -0.740. The van der Waals surface area contributed by atoms with Crippen molar-refractivity contribution in [3.05, 3.63) is 0 Å². The molecule has 3 nitrogen and oxygen atoms in total. The fourth-order valence-corrected chi connectivity index (χ4v) is 2.07. The monoisotopic (exact) mass is 243 g/mol. The van der Waals surface area contributed by atoms with Crippen LogP contribution in [-0.2, 0) is 10.0 Å². The van der Waals surface area contributed by atoms with Crippen molar-refractivity contribution < 1.29 is 21.6 Å². The predicted octanol–water partition coefficient (Wildman–Crippen LogP) is 1.27. The first kappa shape index (κ1) is 14.3. The quantitative estimate of drug-likeness (QED) is 0.739. The predicted molar refractivity (Wildman–Crippen MR) is 50.5 cm³/mol. The Balaban J connectivity index is 4.03. The van der Waals surface area contributed by atoms with Gasteiger partial charge in [0.1, 0.15) is 0 Å². The van der Waals surface area contributed by atoms with Gasteiger partial charge in [-0.3, -0.25) is 0 Å². The number of nitrogens with one attached hydrogen (secondary N) is 1. The number of sulfonamides is 1. The molecule has 0 amide bonds. The molecule has 0 aromatic rings. The van der Waals surface area contributed by atoms with Crippen molar-refractivity contribution in [3.8, 4) is 12.3 Å². The summed E-state index contributed by atoms with van der Waals surface area (Å²) in [5.74, 6) is 1.54. The minimum absolute atomic E-state index is 0.462. The second-order valence-corrected chi connectivity index (χ2v) is 4.92. The molecule has 0 spiro atoms. The van der Waals surface area contributed by atoms with Gasteiger partial charge in [-0.1, -0.05) is 5.92 Å². The van der Waals surface area contributed by atoms with E-state index in [1.165, 1.54) is 6.92 Å². The van der Waals surface area contributed by atoms with Crippen molar-refractivity contribution in [3.63, 3.8) is 0 Å². The van der Waals surface area contributed by atoms with Crippen LogP contribution in [0.1, 0.15) is 19.8 Å². The molecule has 1 atom stereocenters. The maximum atomic E-state index is 11.7. The van der Waals surface area contributed by atoms with Crippen molar-refractivity contribution in [2.45, 2.75) is 32.0 Å². The molecular weight excluding hydrogens is 231 g/mol. The van der Waals surface area contributed by atoms with Gasteiger partial charge in [0.25, 0.3) is 0 Å². The van der Waals surface area contributed by atoms with Gasteiger partial charge in [0.2, 0.25) is 10.0 Å². The van der Waals surface area contributed by atoms with Gasteiger partial charge in [-0.15, -0.1) is 6.42 Å². The summed E-state index contributed by atoms with van der Waals surface area (Å²) in [4.78, 5) is 0. The Bertz CT molecular complexity index is 329. The molecule has 0 heterocycles. The number of rotatable bonds is 5. The molecule has 7 heteroatoms. The normalized spacial score (nSPS) is 14.6. The van der Waals surface area contributed by atoms with Crippen LogP contribution < -0.4 is 4.72 Å². The zero-order valence-electron chi connectivity index (χ0n) is 8.13. The van der Waals surface area contributed by atoms with E-state index in [-0.39, 0.29) is 0 Å². The summed E-state index contributed by atoms with van der Waals surface area (Å²) in [6.07, 6.45) is -0.981. The molecule has 0 aliphatic heterocycles. The van der Waals surface area contributed by atoms with Crippen LogP contribution in [0.3, 0.4) is 0 Å². The van der Waals surface area contributed by atoms with Gasteiger partial charge in [-0.25, -0.2) is 13.1 Å². The topological polar surface area (TPSA) is 46.2 Å². The van der Waals surface area contributed by atoms with Gasteiger partial charge in [0.05, 0.1) is 11.8 Å². The van der Waals surface area contributed by atoms with E-state index in [0.717, 1.165) is 0 Å². The van der Waals surface area contributed by atoms with Crippen LogP contribution >= 0.6 is 0 Å². The highest BCUT2D eigenvalue weighted by molar-refractivity contribution is 7.89. The first-order chi connectivity index (χ1) is 6.66. The van der Waals surface area contributed by atoms with E-state index in [0.29, 0.717) is 0 Å². The van der Waals surface area contributed by atoms with Gasteiger partial charge in [0, 0.05) is 6.42 Å². The van der Waals surface area contributed by atoms with Crippen molar-refractivity contribution in [2.75, 3.05) is 5.75 Å². The van der Waals surface area contributed by atoms with E-state index in [4.69, 9.17) is 6.42 Å². The van der Waals surface area contributed by atoms with Gasteiger partial charge >= 0.3 is 6.18 Å². The van der Waals surface area contributed by atoms with Gasteiger partial charge in [-0.05, 0) is 13.3 Å². The summed E-state index contributed by atoms with van der Waals surface area (Å²) in [5, 5.41) is 0. The average Bonchev–Trinajstić information content (AvgIpc) is 2.00. The molecule has 0 radical (unpaired) electrons. The zero-order valence-corrected chi connectivity index (χ0v) is 8.95. The minimum atomic E-state index is -4.33. The molecule has 0 saturated heterocycles. The molecule has 88 valence electrons. The summed E-state index contributed by atoms with van der Waals surface area (Å²) in [6.45, 7) is 1.43. The second-order valence-electron chi connectivity index (χ2n) is 3.04.